The van der Waals surface area contributed by atoms with Gasteiger partial charge in [-0.1, -0.05) is 12.1 Å². The maximum atomic E-state index is 13.8. The van der Waals surface area contributed by atoms with Crippen LogP contribution in [-0.2, 0) is 10.0 Å². The van der Waals surface area contributed by atoms with Gasteiger partial charge in [-0.2, -0.15) is 4.31 Å². The summed E-state index contributed by atoms with van der Waals surface area (Å²) in [6.45, 7) is 0.0786. The van der Waals surface area contributed by atoms with Crippen molar-refractivity contribution in [3.63, 3.8) is 0 Å². The van der Waals surface area contributed by atoms with Crippen molar-refractivity contribution in [3.05, 3.63) is 65.5 Å². The van der Waals surface area contributed by atoms with E-state index in [-0.39, 0.29) is 31.7 Å². The number of carbonyl (C=O) groups excluding carboxylic acids is 1. The van der Waals surface area contributed by atoms with Gasteiger partial charge in [0.05, 0.1) is 0 Å². The molecule has 2 aromatic rings. The molecule has 1 fully saturated rings. The first-order chi connectivity index (χ1) is 12.3. The van der Waals surface area contributed by atoms with Crippen LogP contribution in [0.2, 0.25) is 0 Å². The average molecular weight is 384 g/mol. The third-order valence-corrected chi connectivity index (χ3v) is 6.08. The zero-order valence-corrected chi connectivity index (χ0v) is 14.3. The molecule has 0 atom stereocenters. The molecule has 2 aromatic carbocycles. The Bertz CT molecular complexity index is 942. The van der Waals surface area contributed by atoms with Gasteiger partial charge in [0.1, 0.15) is 10.7 Å². The van der Waals surface area contributed by atoms with Gasteiger partial charge in [-0.15, -0.1) is 0 Å². The van der Waals surface area contributed by atoms with Crippen LogP contribution in [0.15, 0.2) is 47.4 Å². The number of hydrogen-bond donors (Lipinski definition) is 0. The first-order valence-electron chi connectivity index (χ1n) is 7.80. The van der Waals surface area contributed by atoms with Gasteiger partial charge < -0.3 is 4.90 Å². The second-order valence-corrected chi connectivity index (χ2v) is 7.66. The van der Waals surface area contributed by atoms with Gasteiger partial charge >= 0.3 is 0 Å². The van der Waals surface area contributed by atoms with E-state index in [0.29, 0.717) is 0 Å². The largest absolute Gasteiger partial charge is 0.336 e. The molecule has 9 heteroatoms. The summed E-state index contributed by atoms with van der Waals surface area (Å²) in [6, 6.07) is 7.91. The molecule has 0 saturated carbocycles. The number of sulfonamides is 1. The van der Waals surface area contributed by atoms with E-state index >= 15 is 0 Å². The highest BCUT2D eigenvalue weighted by Crippen LogP contribution is 2.21. The van der Waals surface area contributed by atoms with Crippen LogP contribution in [0, 0.1) is 17.5 Å². The van der Waals surface area contributed by atoms with Gasteiger partial charge in [0.25, 0.3) is 5.91 Å². The van der Waals surface area contributed by atoms with Crippen molar-refractivity contribution >= 4 is 15.9 Å². The number of piperazine rings is 1. The minimum atomic E-state index is -4.01. The van der Waals surface area contributed by atoms with E-state index in [9.17, 15) is 26.4 Å². The topological polar surface area (TPSA) is 57.7 Å². The molecular weight excluding hydrogens is 369 g/mol. The van der Waals surface area contributed by atoms with Crippen molar-refractivity contribution in [2.75, 3.05) is 26.2 Å². The molecule has 1 saturated heterocycles. The van der Waals surface area contributed by atoms with Crippen LogP contribution >= 0.6 is 0 Å². The van der Waals surface area contributed by atoms with Crippen LogP contribution in [0.4, 0.5) is 13.2 Å². The molecular formula is C17H15F3N2O3S. The maximum Gasteiger partial charge on any atom is 0.254 e. The van der Waals surface area contributed by atoms with E-state index in [1.807, 2.05) is 0 Å². The highest BCUT2D eigenvalue weighted by Gasteiger charge is 2.32. The standard InChI is InChI=1S/C17H15F3N2O3S/c18-13-6-5-12(11-15(13)20)17(23)21-7-9-22(10-8-21)26(24,25)16-4-2-1-3-14(16)19/h1-6,11H,7-10H2. The zero-order valence-electron chi connectivity index (χ0n) is 13.5. The summed E-state index contributed by atoms with van der Waals surface area (Å²) in [5.41, 5.74) is -0.0192. The molecule has 1 heterocycles. The maximum absolute atomic E-state index is 13.8. The lowest BCUT2D eigenvalue weighted by Gasteiger charge is -2.34. The zero-order chi connectivity index (χ0) is 18.9. The van der Waals surface area contributed by atoms with Crippen LogP contribution in [-0.4, -0.2) is 49.7 Å². The molecule has 26 heavy (non-hydrogen) atoms. The van der Waals surface area contributed by atoms with Gasteiger partial charge in [-0.25, -0.2) is 21.6 Å². The van der Waals surface area contributed by atoms with Crippen LogP contribution in [0.3, 0.4) is 0 Å². The number of amides is 1. The Morgan fingerprint density at radius 2 is 1.50 bits per heavy atom. The van der Waals surface area contributed by atoms with Crippen molar-refractivity contribution in [1.29, 1.82) is 0 Å². The molecule has 1 amide bonds. The quantitative estimate of drug-likeness (QED) is 0.816. The number of nitrogens with zero attached hydrogens (tertiary/aromatic N) is 2. The Hall–Kier alpha value is -2.39. The molecule has 1 aliphatic heterocycles. The Morgan fingerprint density at radius 1 is 0.846 bits per heavy atom. The Labute approximate surface area is 148 Å². The fourth-order valence-corrected chi connectivity index (χ4v) is 4.22. The molecule has 3 rings (SSSR count). The Kier molecular flexibility index (Phi) is 5.01. The lowest BCUT2D eigenvalue weighted by atomic mass is 10.1. The lowest BCUT2D eigenvalue weighted by molar-refractivity contribution is 0.0697. The van der Waals surface area contributed by atoms with Gasteiger partial charge in [0.2, 0.25) is 10.0 Å². The summed E-state index contributed by atoms with van der Waals surface area (Å²) in [7, 11) is -4.01. The molecule has 0 spiro atoms. The smallest absolute Gasteiger partial charge is 0.254 e. The summed E-state index contributed by atoms with van der Waals surface area (Å²) in [4.78, 5) is 13.3. The second-order valence-electron chi connectivity index (χ2n) is 5.76. The predicted molar refractivity (Wildman–Crippen MR) is 87.4 cm³/mol. The number of benzene rings is 2. The monoisotopic (exact) mass is 384 g/mol. The molecule has 1 aliphatic rings. The Morgan fingerprint density at radius 3 is 2.12 bits per heavy atom. The van der Waals surface area contributed by atoms with Crippen molar-refractivity contribution < 1.29 is 26.4 Å². The molecule has 138 valence electrons. The van der Waals surface area contributed by atoms with Crippen LogP contribution in [0.25, 0.3) is 0 Å². The highest BCUT2D eigenvalue weighted by molar-refractivity contribution is 7.89. The van der Waals surface area contributed by atoms with Crippen LogP contribution in [0.5, 0.6) is 0 Å². The van der Waals surface area contributed by atoms with Gasteiger partial charge in [-0.3, -0.25) is 4.79 Å². The third kappa shape index (κ3) is 3.45. The number of halogens is 3. The fourth-order valence-electron chi connectivity index (χ4n) is 2.74. The van der Waals surface area contributed by atoms with Crippen LogP contribution in [0.1, 0.15) is 10.4 Å². The van der Waals surface area contributed by atoms with Gasteiger partial charge in [0.15, 0.2) is 11.6 Å². The second kappa shape index (κ2) is 7.08. The summed E-state index contributed by atoms with van der Waals surface area (Å²) < 4.78 is 66.2. The summed E-state index contributed by atoms with van der Waals surface area (Å²) in [5.74, 6) is -3.54. The van der Waals surface area contributed by atoms with E-state index in [4.69, 9.17) is 0 Å². The molecule has 0 unspecified atom stereocenters. The first-order valence-corrected chi connectivity index (χ1v) is 9.24. The summed E-state index contributed by atoms with van der Waals surface area (Å²) in [6.07, 6.45) is 0. The van der Waals surface area contributed by atoms with Crippen LogP contribution < -0.4 is 0 Å². The lowest BCUT2D eigenvalue weighted by Crippen LogP contribution is -2.50. The van der Waals surface area contributed by atoms with Gasteiger partial charge in [0, 0.05) is 31.7 Å². The fraction of sp³-hybridized carbons (Fsp3) is 0.235. The predicted octanol–water partition coefficient (Wildman–Crippen LogP) is 2.25. The van der Waals surface area contributed by atoms with E-state index < -0.39 is 38.3 Å². The first kappa shape index (κ1) is 18.4. The SMILES string of the molecule is O=C(c1ccc(F)c(F)c1)N1CCN(S(=O)(=O)c2ccccc2F)CC1. The van der Waals surface area contributed by atoms with E-state index in [1.54, 1.807) is 0 Å². The van der Waals surface area contributed by atoms with E-state index in [0.717, 1.165) is 22.5 Å². The number of rotatable bonds is 3. The normalized spacial score (nSPS) is 15.9. The minimum absolute atomic E-state index is 0.0192. The Balaban J connectivity index is 1.72. The van der Waals surface area contributed by atoms with Crippen molar-refractivity contribution in [1.82, 2.24) is 9.21 Å². The summed E-state index contributed by atoms with van der Waals surface area (Å²) >= 11 is 0. The van der Waals surface area contributed by atoms with E-state index in [1.165, 1.54) is 29.2 Å². The number of carbonyl (C=O) groups is 1. The summed E-state index contributed by atoms with van der Waals surface area (Å²) in [5, 5.41) is 0. The van der Waals surface area contributed by atoms with E-state index in [2.05, 4.69) is 0 Å². The average Bonchev–Trinajstić information content (AvgIpc) is 2.63. The highest BCUT2D eigenvalue weighted by atomic mass is 32.2. The van der Waals surface area contributed by atoms with Crippen molar-refractivity contribution in [2.45, 2.75) is 4.90 Å². The third-order valence-electron chi connectivity index (χ3n) is 4.15. The van der Waals surface area contributed by atoms with Crippen molar-refractivity contribution in [3.8, 4) is 0 Å². The minimum Gasteiger partial charge on any atom is -0.336 e. The van der Waals surface area contributed by atoms with Crippen molar-refractivity contribution in [2.24, 2.45) is 0 Å². The molecule has 0 N–H and O–H groups in total. The molecule has 0 aliphatic carbocycles. The molecule has 0 bridgehead atoms. The molecule has 5 nitrogen and oxygen atoms in total. The number of hydrogen-bond acceptors (Lipinski definition) is 3. The van der Waals surface area contributed by atoms with Gasteiger partial charge in [-0.05, 0) is 30.3 Å². The molecule has 0 aromatic heterocycles. The molecule has 0 radical (unpaired) electrons.